The summed E-state index contributed by atoms with van der Waals surface area (Å²) in [6.45, 7) is 0. The van der Waals surface area contributed by atoms with Crippen LogP contribution in [0.5, 0.6) is 5.75 Å². The third kappa shape index (κ3) is 5.88. The van der Waals surface area contributed by atoms with Crippen LogP contribution in [-0.4, -0.2) is 31.1 Å². The molecule has 1 aromatic carbocycles. The van der Waals surface area contributed by atoms with Crippen molar-refractivity contribution in [1.29, 1.82) is 0 Å². The summed E-state index contributed by atoms with van der Waals surface area (Å²) in [6, 6.07) is 0.202. The van der Waals surface area contributed by atoms with Crippen LogP contribution < -0.4 is 15.4 Å². The van der Waals surface area contributed by atoms with E-state index in [9.17, 15) is 31.1 Å². The number of amides is 1. The maximum Gasteiger partial charge on any atom is 0.417 e. The van der Waals surface area contributed by atoms with Gasteiger partial charge in [-0.05, 0) is 37.8 Å². The Kier molecular flexibility index (Phi) is 7.62. The Morgan fingerprint density at radius 2 is 1.47 bits per heavy atom. The molecule has 0 saturated heterocycles. The molecule has 32 heavy (non-hydrogen) atoms. The monoisotopic (exact) mass is 466 g/mol. The molecule has 0 aromatic heterocycles. The zero-order chi connectivity index (χ0) is 23.5. The number of ether oxygens (including phenoxy) is 1. The number of benzene rings is 1. The van der Waals surface area contributed by atoms with Gasteiger partial charge < -0.3 is 15.4 Å². The fourth-order valence-electron chi connectivity index (χ4n) is 4.71. The van der Waals surface area contributed by atoms with Gasteiger partial charge in [0.25, 0.3) is 5.91 Å². The minimum Gasteiger partial charge on any atom is -0.496 e. The first-order valence-electron chi connectivity index (χ1n) is 10.9. The van der Waals surface area contributed by atoms with Crippen molar-refractivity contribution < 1.29 is 35.9 Å². The van der Waals surface area contributed by atoms with Crippen LogP contribution >= 0.6 is 0 Å². The average molecular weight is 466 g/mol. The molecule has 180 valence electrons. The van der Waals surface area contributed by atoms with Crippen molar-refractivity contribution in [3.05, 3.63) is 28.8 Å². The van der Waals surface area contributed by atoms with Crippen LogP contribution in [-0.2, 0) is 12.4 Å². The summed E-state index contributed by atoms with van der Waals surface area (Å²) in [5.41, 5.74) is -4.10. The molecule has 0 unspecified atom stereocenters. The van der Waals surface area contributed by atoms with Crippen molar-refractivity contribution in [3.63, 3.8) is 0 Å². The third-order valence-electron chi connectivity index (χ3n) is 6.32. The van der Waals surface area contributed by atoms with Crippen LogP contribution in [0.15, 0.2) is 12.1 Å². The highest BCUT2D eigenvalue weighted by Crippen LogP contribution is 2.41. The van der Waals surface area contributed by atoms with Crippen molar-refractivity contribution in [2.75, 3.05) is 7.11 Å². The van der Waals surface area contributed by atoms with E-state index in [0.29, 0.717) is 18.5 Å². The summed E-state index contributed by atoms with van der Waals surface area (Å²) < 4.78 is 85.1. The standard InChI is InChI=1S/C22H28F6N2O2/c1-32-18-12-13(21(23,24)25)11-15(22(26,27)28)19(18)20(31)30-17-10-6-5-9-16(17)29-14-7-3-2-4-8-14/h11-12,14,16-17,29H,2-10H2,1H3,(H,30,31)/t16-,17+/m0/s1. The molecule has 0 bridgehead atoms. The normalized spacial score (nSPS) is 23.1. The number of nitrogens with one attached hydrogen (secondary N) is 2. The molecule has 2 N–H and O–H groups in total. The molecule has 0 spiro atoms. The van der Waals surface area contributed by atoms with Crippen molar-refractivity contribution in [2.45, 2.75) is 88.3 Å². The number of hydrogen-bond acceptors (Lipinski definition) is 3. The highest BCUT2D eigenvalue weighted by Gasteiger charge is 2.42. The second kappa shape index (κ2) is 9.89. The third-order valence-corrected chi connectivity index (χ3v) is 6.32. The van der Waals surface area contributed by atoms with Gasteiger partial charge in [0.15, 0.2) is 0 Å². The molecule has 0 radical (unpaired) electrons. The predicted molar refractivity (Wildman–Crippen MR) is 107 cm³/mol. The highest BCUT2D eigenvalue weighted by molar-refractivity contribution is 5.99. The number of hydrogen-bond donors (Lipinski definition) is 2. The van der Waals surface area contributed by atoms with Gasteiger partial charge in [0.05, 0.1) is 23.8 Å². The van der Waals surface area contributed by atoms with E-state index in [0.717, 1.165) is 52.1 Å². The summed E-state index contributed by atoms with van der Waals surface area (Å²) in [6.07, 6.45) is -1.63. The highest BCUT2D eigenvalue weighted by atomic mass is 19.4. The number of rotatable bonds is 5. The van der Waals surface area contributed by atoms with Crippen molar-refractivity contribution in [1.82, 2.24) is 10.6 Å². The van der Waals surface area contributed by atoms with Gasteiger partial charge in [0, 0.05) is 18.1 Å². The minimum atomic E-state index is -5.16. The molecule has 10 heteroatoms. The molecule has 3 rings (SSSR count). The lowest BCUT2D eigenvalue weighted by atomic mass is 9.87. The first kappa shape index (κ1) is 24.7. The Morgan fingerprint density at radius 1 is 0.875 bits per heavy atom. The fraction of sp³-hybridized carbons (Fsp3) is 0.682. The Balaban J connectivity index is 1.88. The Hall–Kier alpha value is -1.97. The number of carbonyl (C=O) groups is 1. The zero-order valence-electron chi connectivity index (χ0n) is 17.8. The van der Waals surface area contributed by atoms with E-state index in [1.165, 1.54) is 6.42 Å². The topological polar surface area (TPSA) is 50.4 Å². The van der Waals surface area contributed by atoms with Crippen molar-refractivity contribution in [2.24, 2.45) is 0 Å². The first-order valence-corrected chi connectivity index (χ1v) is 10.9. The maximum atomic E-state index is 13.6. The smallest absolute Gasteiger partial charge is 0.417 e. The molecule has 2 aliphatic rings. The van der Waals surface area contributed by atoms with Crippen LogP contribution in [0.25, 0.3) is 0 Å². The SMILES string of the molecule is COc1cc(C(F)(F)F)cc(C(F)(F)F)c1C(=O)N[C@@H]1CCCC[C@@H]1NC1CCCCC1. The van der Waals surface area contributed by atoms with E-state index < -0.39 is 46.7 Å². The maximum absolute atomic E-state index is 13.6. The average Bonchev–Trinajstić information content (AvgIpc) is 2.73. The summed E-state index contributed by atoms with van der Waals surface area (Å²) in [5, 5.41) is 6.21. The number of halogens is 6. The van der Waals surface area contributed by atoms with Crippen molar-refractivity contribution >= 4 is 5.91 Å². The largest absolute Gasteiger partial charge is 0.496 e. The van der Waals surface area contributed by atoms with E-state index >= 15 is 0 Å². The van der Waals surface area contributed by atoms with Gasteiger partial charge in [-0.1, -0.05) is 32.1 Å². The number of carbonyl (C=O) groups excluding carboxylic acids is 1. The van der Waals surface area contributed by atoms with E-state index in [4.69, 9.17) is 4.74 Å². The van der Waals surface area contributed by atoms with Crippen molar-refractivity contribution in [3.8, 4) is 5.75 Å². The van der Waals surface area contributed by atoms with Crippen LogP contribution in [0, 0.1) is 0 Å². The molecule has 1 aromatic rings. The number of methoxy groups -OCH3 is 1. The van der Waals surface area contributed by atoms with Crippen LogP contribution in [0.3, 0.4) is 0 Å². The van der Waals surface area contributed by atoms with E-state index in [2.05, 4.69) is 10.6 Å². The summed E-state index contributed by atoms with van der Waals surface area (Å²) >= 11 is 0. The molecule has 2 saturated carbocycles. The molecule has 2 fully saturated rings. The molecular formula is C22H28F6N2O2. The van der Waals surface area contributed by atoms with Gasteiger partial charge >= 0.3 is 12.4 Å². The van der Waals surface area contributed by atoms with Gasteiger partial charge in [-0.2, -0.15) is 26.3 Å². The quantitative estimate of drug-likeness (QED) is 0.548. The zero-order valence-corrected chi connectivity index (χ0v) is 17.8. The Labute approximate surface area is 183 Å². The molecule has 4 nitrogen and oxygen atoms in total. The lowest BCUT2D eigenvalue weighted by molar-refractivity contribution is -0.143. The summed E-state index contributed by atoms with van der Waals surface area (Å²) in [7, 11) is 0.945. The lowest BCUT2D eigenvalue weighted by Crippen LogP contribution is -2.54. The van der Waals surface area contributed by atoms with E-state index in [-0.39, 0.29) is 12.1 Å². The number of alkyl halides is 6. The Morgan fingerprint density at radius 3 is 2.03 bits per heavy atom. The second-order valence-electron chi connectivity index (χ2n) is 8.57. The van der Waals surface area contributed by atoms with Crippen LogP contribution in [0.4, 0.5) is 26.3 Å². The van der Waals surface area contributed by atoms with Crippen LogP contribution in [0.1, 0.15) is 79.3 Å². The van der Waals surface area contributed by atoms with Gasteiger partial charge in [-0.3, -0.25) is 4.79 Å². The van der Waals surface area contributed by atoms with Gasteiger partial charge in [0.1, 0.15) is 5.75 Å². The fourth-order valence-corrected chi connectivity index (χ4v) is 4.71. The molecule has 0 aliphatic heterocycles. The van der Waals surface area contributed by atoms with Gasteiger partial charge in [0.2, 0.25) is 0 Å². The van der Waals surface area contributed by atoms with E-state index in [1.807, 2.05) is 0 Å². The second-order valence-corrected chi connectivity index (χ2v) is 8.57. The van der Waals surface area contributed by atoms with Gasteiger partial charge in [-0.25, -0.2) is 0 Å². The molecular weight excluding hydrogens is 438 g/mol. The lowest BCUT2D eigenvalue weighted by Gasteiger charge is -2.37. The minimum absolute atomic E-state index is 0.0317. The molecule has 2 atom stereocenters. The first-order chi connectivity index (χ1) is 15.0. The van der Waals surface area contributed by atoms with Crippen LogP contribution in [0.2, 0.25) is 0 Å². The Bertz CT molecular complexity index is 803. The molecule has 0 heterocycles. The van der Waals surface area contributed by atoms with E-state index in [1.54, 1.807) is 0 Å². The molecule has 2 aliphatic carbocycles. The van der Waals surface area contributed by atoms with Gasteiger partial charge in [-0.15, -0.1) is 0 Å². The predicted octanol–water partition coefficient (Wildman–Crippen LogP) is 5.70. The summed E-state index contributed by atoms with van der Waals surface area (Å²) in [5.74, 6) is -1.83. The summed E-state index contributed by atoms with van der Waals surface area (Å²) in [4.78, 5) is 13.0. The molecule has 1 amide bonds.